The number of aromatic nitrogens is 2. The number of fused-ring (bicyclic) bond motifs is 1. The normalized spacial score (nSPS) is 12.1. The van der Waals surface area contributed by atoms with Gasteiger partial charge in [0, 0.05) is 17.3 Å². The van der Waals surface area contributed by atoms with E-state index in [0.717, 1.165) is 5.56 Å². The smallest absolute Gasteiger partial charge is 0.274 e. The van der Waals surface area contributed by atoms with E-state index in [1.807, 2.05) is 6.92 Å². The fourth-order valence-corrected chi connectivity index (χ4v) is 4.05. The predicted octanol–water partition coefficient (Wildman–Crippen LogP) is 4.09. The Morgan fingerprint density at radius 3 is 2.39 bits per heavy atom. The van der Waals surface area contributed by atoms with Crippen molar-refractivity contribution in [2.45, 2.75) is 11.8 Å². The SMILES string of the molecule is Cc1ccc(S(=O)(=O)Nc2ccc(/C(O)=C/c3nc4ccccc4[nH]c3=O)cc2)cc1. The average molecular weight is 433 g/mol. The van der Waals surface area contributed by atoms with Crippen molar-refractivity contribution in [3.8, 4) is 0 Å². The number of rotatable bonds is 5. The highest BCUT2D eigenvalue weighted by molar-refractivity contribution is 7.92. The minimum atomic E-state index is -3.72. The second-order valence-corrected chi connectivity index (χ2v) is 8.68. The van der Waals surface area contributed by atoms with Gasteiger partial charge in [-0.2, -0.15) is 0 Å². The number of hydrogen-bond acceptors (Lipinski definition) is 5. The topological polar surface area (TPSA) is 112 Å². The molecule has 0 radical (unpaired) electrons. The van der Waals surface area contributed by atoms with Crippen LogP contribution in [0.15, 0.2) is 82.5 Å². The lowest BCUT2D eigenvalue weighted by Crippen LogP contribution is -2.13. The Labute approximate surface area is 178 Å². The summed E-state index contributed by atoms with van der Waals surface area (Å²) in [7, 11) is -3.72. The molecule has 0 unspecified atom stereocenters. The zero-order valence-electron chi connectivity index (χ0n) is 16.5. The zero-order chi connectivity index (χ0) is 22.0. The van der Waals surface area contributed by atoms with Crippen LogP contribution in [-0.2, 0) is 10.0 Å². The highest BCUT2D eigenvalue weighted by Crippen LogP contribution is 2.20. The standard InChI is InChI=1S/C23H19N3O4S/c1-15-6-12-18(13-7-15)31(29,30)26-17-10-8-16(9-11-17)22(27)14-21-23(28)25-20-5-3-2-4-19(20)24-21/h2-14,26-27H,1H3,(H,25,28)/b22-14-. The Morgan fingerprint density at radius 2 is 1.68 bits per heavy atom. The van der Waals surface area contributed by atoms with Gasteiger partial charge < -0.3 is 10.1 Å². The molecule has 1 heterocycles. The van der Waals surface area contributed by atoms with E-state index in [2.05, 4.69) is 14.7 Å². The number of aryl methyl sites for hydroxylation is 1. The third kappa shape index (κ3) is 4.49. The second-order valence-electron chi connectivity index (χ2n) is 6.99. The molecule has 8 heteroatoms. The van der Waals surface area contributed by atoms with E-state index in [1.54, 1.807) is 48.5 Å². The Morgan fingerprint density at radius 1 is 1.00 bits per heavy atom. The molecule has 4 aromatic rings. The molecule has 0 aliphatic carbocycles. The molecular formula is C23H19N3O4S. The summed E-state index contributed by atoms with van der Waals surface area (Å²) in [4.78, 5) is 19.4. The number of sulfonamides is 1. The Hall–Kier alpha value is -3.91. The van der Waals surface area contributed by atoms with Gasteiger partial charge in [-0.25, -0.2) is 13.4 Å². The molecule has 4 rings (SSSR count). The van der Waals surface area contributed by atoms with E-state index in [0.29, 0.717) is 22.3 Å². The summed E-state index contributed by atoms with van der Waals surface area (Å²) in [6.07, 6.45) is 1.27. The van der Waals surface area contributed by atoms with Crippen molar-refractivity contribution in [2.24, 2.45) is 0 Å². The van der Waals surface area contributed by atoms with Crippen LogP contribution in [0.1, 0.15) is 16.8 Å². The fraction of sp³-hybridized carbons (Fsp3) is 0.0435. The van der Waals surface area contributed by atoms with Crippen molar-refractivity contribution < 1.29 is 13.5 Å². The monoisotopic (exact) mass is 433 g/mol. The summed E-state index contributed by atoms with van der Waals surface area (Å²) >= 11 is 0. The van der Waals surface area contributed by atoms with Gasteiger partial charge in [0.2, 0.25) is 0 Å². The van der Waals surface area contributed by atoms with Crippen molar-refractivity contribution >= 4 is 38.6 Å². The van der Waals surface area contributed by atoms with Gasteiger partial charge in [0.25, 0.3) is 15.6 Å². The number of H-pyrrole nitrogens is 1. The summed E-state index contributed by atoms with van der Waals surface area (Å²) in [6, 6.07) is 19.8. The van der Waals surface area contributed by atoms with E-state index >= 15 is 0 Å². The predicted molar refractivity (Wildman–Crippen MR) is 121 cm³/mol. The highest BCUT2D eigenvalue weighted by Gasteiger charge is 2.14. The lowest BCUT2D eigenvalue weighted by atomic mass is 10.1. The lowest BCUT2D eigenvalue weighted by Gasteiger charge is -2.09. The quantitative estimate of drug-likeness (QED) is 0.411. The second kappa shape index (κ2) is 8.08. The summed E-state index contributed by atoms with van der Waals surface area (Å²) in [6.45, 7) is 1.88. The number of aliphatic hydroxyl groups is 1. The number of para-hydroxylation sites is 2. The number of hydrogen-bond donors (Lipinski definition) is 3. The average Bonchev–Trinajstić information content (AvgIpc) is 2.75. The van der Waals surface area contributed by atoms with Crippen molar-refractivity contribution in [1.29, 1.82) is 0 Å². The van der Waals surface area contributed by atoms with Crippen molar-refractivity contribution in [3.63, 3.8) is 0 Å². The van der Waals surface area contributed by atoms with Crippen LogP contribution in [0.4, 0.5) is 5.69 Å². The maximum atomic E-state index is 12.5. The minimum absolute atomic E-state index is 0.0698. The maximum Gasteiger partial charge on any atom is 0.274 e. The van der Waals surface area contributed by atoms with Crippen LogP contribution < -0.4 is 10.3 Å². The van der Waals surface area contributed by atoms with E-state index in [1.165, 1.54) is 30.3 Å². The van der Waals surface area contributed by atoms with Gasteiger partial charge in [0.1, 0.15) is 11.5 Å². The van der Waals surface area contributed by atoms with E-state index in [9.17, 15) is 18.3 Å². The van der Waals surface area contributed by atoms with E-state index < -0.39 is 15.6 Å². The van der Waals surface area contributed by atoms with Gasteiger partial charge in [0.15, 0.2) is 0 Å². The van der Waals surface area contributed by atoms with Gasteiger partial charge in [-0.15, -0.1) is 0 Å². The molecule has 1 aromatic heterocycles. The van der Waals surface area contributed by atoms with Gasteiger partial charge in [-0.3, -0.25) is 9.52 Å². The first-order valence-corrected chi connectivity index (χ1v) is 10.9. The van der Waals surface area contributed by atoms with Crippen LogP contribution in [0.5, 0.6) is 0 Å². The molecule has 0 aliphatic rings. The number of anilines is 1. The Balaban J connectivity index is 1.57. The molecule has 31 heavy (non-hydrogen) atoms. The van der Waals surface area contributed by atoms with Crippen LogP contribution in [0.25, 0.3) is 22.9 Å². The third-order valence-corrected chi connectivity index (χ3v) is 6.06. The lowest BCUT2D eigenvalue weighted by molar-refractivity contribution is 0.515. The molecule has 0 saturated carbocycles. The van der Waals surface area contributed by atoms with Gasteiger partial charge in [-0.1, -0.05) is 29.8 Å². The molecule has 7 nitrogen and oxygen atoms in total. The molecule has 0 fully saturated rings. The maximum absolute atomic E-state index is 12.5. The first kappa shape index (κ1) is 20.4. The van der Waals surface area contributed by atoms with E-state index in [-0.39, 0.29) is 16.3 Å². The van der Waals surface area contributed by atoms with Crippen LogP contribution >= 0.6 is 0 Å². The first-order valence-electron chi connectivity index (χ1n) is 9.41. The molecule has 0 atom stereocenters. The Kier molecular flexibility index (Phi) is 5.31. The molecule has 0 saturated heterocycles. The van der Waals surface area contributed by atoms with Crippen molar-refractivity contribution in [1.82, 2.24) is 9.97 Å². The molecule has 0 spiro atoms. The van der Waals surface area contributed by atoms with Crippen LogP contribution in [0, 0.1) is 6.92 Å². The molecule has 3 aromatic carbocycles. The van der Waals surface area contributed by atoms with Gasteiger partial charge in [-0.05, 0) is 55.5 Å². The highest BCUT2D eigenvalue weighted by atomic mass is 32.2. The number of nitrogens with one attached hydrogen (secondary N) is 2. The van der Waals surface area contributed by atoms with Crippen molar-refractivity contribution in [3.05, 3.63) is 100.0 Å². The molecule has 0 aliphatic heterocycles. The van der Waals surface area contributed by atoms with Crippen molar-refractivity contribution in [2.75, 3.05) is 4.72 Å². The van der Waals surface area contributed by atoms with Crippen LogP contribution in [0.3, 0.4) is 0 Å². The van der Waals surface area contributed by atoms with Crippen LogP contribution in [0.2, 0.25) is 0 Å². The van der Waals surface area contributed by atoms with Crippen LogP contribution in [-0.4, -0.2) is 23.5 Å². The largest absolute Gasteiger partial charge is 0.507 e. The summed E-state index contributed by atoms with van der Waals surface area (Å²) < 4.78 is 27.5. The zero-order valence-corrected chi connectivity index (χ0v) is 17.3. The first-order chi connectivity index (χ1) is 14.8. The van der Waals surface area contributed by atoms with Gasteiger partial charge in [0.05, 0.1) is 15.9 Å². The number of aromatic amines is 1. The number of aliphatic hydroxyl groups excluding tert-OH is 1. The summed E-state index contributed by atoms with van der Waals surface area (Å²) in [5.41, 5.74) is 2.57. The fourth-order valence-electron chi connectivity index (χ4n) is 2.99. The molecule has 3 N–H and O–H groups in total. The number of nitrogens with zero attached hydrogens (tertiary/aromatic N) is 1. The van der Waals surface area contributed by atoms with E-state index in [4.69, 9.17) is 0 Å². The molecule has 156 valence electrons. The van der Waals surface area contributed by atoms with Gasteiger partial charge >= 0.3 is 0 Å². The third-order valence-electron chi connectivity index (χ3n) is 4.66. The summed E-state index contributed by atoms with van der Waals surface area (Å²) in [5.74, 6) is -0.166. The minimum Gasteiger partial charge on any atom is -0.507 e. The summed E-state index contributed by atoms with van der Waals surface area (Å²) in [5, 5.41) is 10.4. The molecule has 0 amide bonds. The number of benzene rings is 3. The molecule has 0 bridgehead atoms. The molecular weight excluding hydrogens is 414 g/mol. The Bertz CT molecular complexity index is 1440.